The zero-order valence-electron chi connectivity index (χ0n) is 23.6. The second-order valence-electron chi connectivity index (χ2n) is 10.3. The highest BCUT2D eigenvalue weighted by atomic mass is 16.5. The summed E-state index contributed by atoms with van der Waals surface area (Å²) >= 11 is 0. The third-order valence-corrected chi connectivity index (χ3v) is 6.21. The number of para-hydroxylation sites is 1. The predicted octanol–water partition coefficient (Wildman–Crippen LogP) is 6.96. The first-order chi connectivity index (χ1) is 19.7. The minimum Gasteiger partial charge on any atom is -0.493 e. The highest BCUT2D eigenvalue weighted by molar-refractivity contribution is 5.99. The lowest BCUT2D eigenvalue weighted by Crippen LogP contribution is -2.21. The monoisotopic (exact) mass is 552 g/mol. The molecule has 2 N–H and O–H groups in total. The van der Waals surface area contributed by atoms with E-state index in [-0.39, 0.29) is 5.41 Å². The van der Waals surface area contributed by atoms with Gasteiger partial charge in [0, 0.05) is 29.3 Å². The van der Waals surface area contributed by atoms with Gasteiger partial charge in [-0.15, -0.1) is 0 Å². The summed E-state index contributed by atoms with van der Waals surface area (Å²) < 4.78 is 19.0. The Kier molecular flexibility index (Phi) is 7.73. The summed E-state index contributed by atoms with van der Waals surface area (Å²) in [4.78, 5) is 21.7. The van der Waals surface area contributed by atoms with Crippen LogP contribution in [0.2, 0.25) is 0 Å². The Bertz CT molecular complexity index is 1680. The maximum absolute atomic E-state index is 13.1. The molecule has 0 saturated carbocycles. The molecule has 0 fully saturated rings. The Morgan fingerprint density at radius 2 is 1.73 bits per heavy atom. The Balaban J connectivity index is 1.36. The van der Waals surface area contributed by atoms with Crippen molar-refractivity contribution in [1.82, 2.24) is 19.7 Å². The maximum Gasteiger partial charge on any atom is 0.324 e. The topological polar surface area (TPSA) is 112 Å². The van der Waals surface area contributed by atoms with Crippen LogP contribution in [-0.2, 0) is 5.41 Å². The van der Waals surface area contributed by atoms with E-state index >= 15 is 0 Å². The Labute approximate surface area is 238 Å². The lowest BCUT2D eigenvalue weighted by molar-refractivity contribution is 0.262. The fourth-order valence-corrected chi connectivity index (χ4v) is 4.18. The number of urea groups is 1. The molecule has 0 bridgehead atoms. The van der Waals surface area contributed by atoms with Gasteiger partial charge in [0.2, 0.25) is 5.88 Å². The minimum atomic E-state index is -0.416. The summed E-state index contributed by atoms with van der Waals surface area (Å²) in [5, 5.41) is 11.2. The Hall–Kier alpha value is -5.12. The first-order valence-electron chi connectivity index (χ1n) is 13.2. The summed E-state index contributed by atoms with van der Waals surface area (Å²) in [6.07, 6.45) is 1.43. The lowest BCUT2D eigenvalue weighted by atomic mass is 9.92. The van der Waals surface area contributed by atoms with Crippen molar-refractivity contribution in [2.24, 2.45) is 0 Å². The number of nitrogens with one attached hydrogen (secondary N) is 2. The van der Waals surface area contributed by atoms with Gasteiger partial charge in [-0.3, -0.25) is 5.32 Å². The van der Waals surface area contributed by atoms with Crippen LogP contribution in [0.4, 0.5) is 16.3 Å². The van der Waals surface area contributed by atoms with Crippen molar-refractivity contribution in [3.63, 3.8) is 0 Å². The fourth-order valence-electron chi connectivity index (χ4n) is 4.18. The highest BCUT2D eigenvalue weighted by Gasteiger charge is 2.21. The molecule has 0 aliphatic carbocycles. The summed E-state index contributed by atoms with van der Waals surface area (Å²) in [5.74, 6) is 2.53. The van der Waals surface area contributed by atoms with Crippen LogP contribution >= 0.6 is 0 Å². The molecule has 0 atom stereocenters. The van der Waals surface area contributed by atoms with E-state index in [4.69, 9.17) is 19.3 Å². The normalized spacial score (nSPS) is 11.2. The van der Waals surface area contributed by atoms with Crippen molar-refractivity contribution in [1.29, 1.82) is 0 Å². The van der Waals surface area contributed by atoms with E-state index in [0.29, 0.717) is 52.1 Å². The van der Waals surface area contributed by atoms with Gasteiger partial charge in [-0.25, -0.2) is 19.4 Å². The number of amides is 2. The van der Waals surface area contributed by atoms with Crippen LogP contribution in [0.5, 0.6) is 23.1 Å². The summed E-state index contributed by atoms with van der Waals surface area (Å²) in [5.41, 5.74) is 2.69. The summed E-state index contributed by atoms with van der Waals surface area (Å²) in [7, 11) is 1.57. The van der Waals surface area contributed by atoms with E-state index in [9.17, 15) is 4.79 Å². The molecule has 10 nitrogen and oxygen atoms in total. The summed E-state index contributed by atoms with van der Waals surface area (Å²) in [6, 6.07) is 21.8. The van der Waals surface area contributed by atoms with Crippen molar-refractivity contribution < 1.29 is 19.0 Å². The van der Waals surface area contributed by atoms with Crippen molar-refractivity contribution in [2.75, 3.05) is 24.4 Å². The minimum absolute atomic E-state index is 0.196. The number of benzene rings is 3. The molecule has 0 radical (unpaired) electrons. The number of rotatable bonds is 8. The number of hydrogen-bond acceptors (Lipinski definition) is 7. The molecule has 2 heterocycles. The molecule has 10 heteroatoms. The standard InChI is InChI=1S/C31H32N6O4/c1-6-40-26-17-24-23(16-25(26)39-5)29(33-19-32-24)41-22-14-10-11-20(15-22)34-30(38)35-28-18-27(31(2,3)4)36-37(28)21-12-8-7-9-13-21/h7-19H,6H2,1-5H3,(H2,34,35,38). The first kappa shape index (κ1) is 27.4. The van der Waals surface area contributed by atoms with E-state index < -0.39 is 6.03 Å². The van der Waals surface area contributed by atoms with Gasteiger partial charge in [0.25, 0.3) is 0 Å². The molecule has 3 aromatic carbocycles. The average Bonchev–Trinajstić information content (AvgIpc) is 3.38. The molecule has 41 heavy (non-hydrogen) atoms. The molecule has 0 spiro atoms. The van der Waals surface area contributed by atoms with Crippen LogP contribution in [0.3, 0.4) is 0 Å². The zero-order valence-corrected chi connectivity index (χ0v) is 23.6. The summed E-state index contributed by atoms with van der Waals surface area (Å²) in [6.45, 7) is 8.63. The number of carbonyl (C=O) groups is 1. The quantitative estimate of drug-likeness (QED) is 0.214. The lowest BCUT2D eigenvalue weighted by Gasteiger charge is -2.14. The number of fused-ring (bicyclic) bond motifs is 1. The van der Waals surface area contributed by atoms with Gasteiger partial charge < -0.3 is 19.5 Å². The molecule has 5 aromatic rings. The number of methoxy groups -OCH3 is 1. The number of aromatic nitrogens is 4. The van der Waals surface area contributed by atoms with Crippen LogP contribution in [-0.4, -0.2) is 39.5 Å². The average molecular weight is 553 g/mol. The van der Waals surface area contributed by atoms with Gasteiger partial charge in [0.15, 0.2) is 11.5 Å². The van der Waals surface area contributed by atoms with Crippen molar-refractivity contribution in [3.05, 3.63) is 84.8 Å². The second kappa shape index (κ2) is 11.5. The van der Waals surface area contributed by atoms with Crippen molar-refractivity contribution >= 4 is 28.4 Å². The molecular weight excluding hydrogens is 520 g/mol. The molecule has 0 saturated heterocycles. The SMILES string of the molecule is CCOc1cc2ncnc(Oc3cccc(NC(=O)Nc4cc(C(C)(C)C)nn4-c4ccccc4)c3)c2cc1OC. The molecule has 210 valence electrons. The molecule has 0 unspecified atom stereocenters. The number of nitrogens with zero attached hydrogens (tertiary/aromatic N) is 4. The van der Waals surface area contributed by atoms with Gasteiger partial charge in [0.1, 0.15) is 17.9 Å². The van der Waals surface area contributed by atoms with Crippen LogP contribution in [0.15, 0.2) is 79.1 Å². The maximum atomic E-state index is 13.1. The van der Waals surface area contributed by atoms with Crippen molar-refractivity contribution in [2.45, 2.75) is 33.1 Å². The largest absolute Gasteiger partial charge is 0.493 e. The van der Waals surface area contributed by atoms with E-state index in [2.05, 4.69) is 41.4 Å². The van der Waals surface area contributed by atoms with Crippen LogP contribution in [0.25, 0.3) is 16.6 Å². The van der Waals surface area contributed by atoms with Crippen LogP contribution < -0.4 is 24.8 Å². The van der Waals surface area contributed by atoms with Gasteiger partial charge in [-0.05, 0) is 37.3 Å². The van der Waals surface area contributed by atoms with E-state index in [1.165, 1.54) is 6.33 Å². The molecule has 0 aliphatic heterocycles. The van der Waals surface area contributed by atoms with E-state index in [0.717, 1.165) is 11.4 Å². The number of anilines is 2. The smallest absolute Gasteiger partial charge is 0.324 e. The van der Waals surface area contributed by atoms with Crippen molar-refractivity contribution in [3.8, 4) is 28.8 Å². The number of hydrogen-bond donors (Lipinski definition) is 2. The predicted molar refractivity (Wildman–Crippen MR) is 159 cm³/mol. The third kappa shape index (κ3) is 6.22. The molecule has 2 amide bonds. The third-order valence-electron chi connectivity index (χ3n) is 6.21. The number of ether oxygens (including phenoxy) is 3. The molecular formula is C31H32N6O4. The molecule has 5 rings (SSSR count). The van der Waals surface area contributed by atoms with E-state index in [1.54, 1.807) is 48.2 Å². The van der Waals surface area contributed by atoms with Crippen LogP contribution in [0, 0.1) is 0 Å². The number of carbonyl (C=O) groups excluding carboxylic acids is 1. The van der Waals surface area contributed by atoms with Crippen LogP contribution in [0.1, 0.15) is 33.4 Å². The molecule has 0 aliphatic rings. The second-order valence-corrected chi connectivity index (χ2v) is 10.3. The molecule has 2 aromatic heterocycles. The fraction of sp³-hybridized carbons (Fsp3) is 0.226. The highest BCUT2D eigenvalue weighted by Crippen LogP contribution is 2.36. The zero-order chi connectivity index (χ0) is 29.0. The Morgan fingerprint density at radius 3 is 2.46 bits per heavy atom. The first-order valence-corrected chi connectivity index (χ1v) is 13.2. The Morgan fingerprint density at radius 1 is 0.927 bits per heavy atom. The van der Waals surface area contributed by atoms with Gasteiger partial charge in [0.05, 0.1) is 36.0 Å². The van der Waals surface area contributed by atoms with Gasteiger partial charge in [-0.1, -0.05) is 45.0 Å². The van der Waals surface area contributed by atoms with E-state index in [1.807, 2.05) is 43.3 Å². The van der Waals surface area contributed by atoms with Gasteiger partial charge >= 0.3 is 6.03 Å². The van der Waals surface area contributed by atoms with Gasteiger partial charge in [-0.2, -0.15) is 5.10 Å².